The van der Waals surface area contributed by atoms with E-state index in [1.165, 1.54) is 27.0 Å². The van der Waals surface area contributed by atoms with Crippen molar-refractivity contribution in [2.45, 2.75) is 24.0 Å². The first-order valence-corrected chi connectivity index (χ1v) is 11.8. The predicted molar refractivity (Wildman–Crippen MR) is 107 cm³/mol. The molecular formula is C18H14F3N3O3S3. The highest BCUT2D eigenvalue weighted by molar-refractivity contribution is 7.89. The van der Waals surface area contributed by atoms with Crippen LogP contribution in [0, 0.1) is 0 Å². The second-order valence-electron chi connectivity index (χ2n) is 6.47. The van der Waals surface area contributed by atoms with Gasteiger partial charge in [0.25, 0.3) is 5.91 Å². The van der Waals surface area contributed by atoms with Crippen LogP contribution in [0.25, 0.3) is 0 Å². The number of fused-ring (bicyclic) bond motifs is 1. The highest BCUT2D eigenvalue weighted by Gasteiger charge is 2.33. The van der Waals surface area contributed by atoms with Crippen molar-refractivity contribution >= 4 is 43.7 Å². The van der Waals surface area contributed by atoms with Gasteiger partial charge in [0.15, 0.2) is 5.13 Å². The van der Waals surface area contributed by atoms with Gasteiger partial charge in [-0.3, -0.25) is 10.1 Å². The van der Waals surface area contributed by atoms with Crippen molar-refractivity contribution in [2.24, 2.45) is 0 Å². The largest absolute Gasteiger partial charge is 0.416 e. The lowest BCUT2D eigenvalue weighted by Crippen LogP contribution is -2.35. The van der Waals surface area contributed by atoms with Crippen molar-refractivity contribution in [1.29, 1.82) is 0 Å². The number of nitrogens with zero attached hydrogens (tertiary/aromatic N) is 2. The summed E-state index contributed by atoms with van der Waals surface area (Å²) in [6, 6.07) is 5.13. The summed E-state index contributed by atoms with van der Waals surface area (Å²) >= 11 is 2.58. The van der Waals surface area contributed by atoms with Gasteiger partial charge in [-0.2, -0.15) is 28.8 Å². The summed E-state index contributed by atoms with van der Waals surface area (Å²) in [5.41, 5.74) is 0.315. The van der Waals surface area contributed by atoms with Crippen LogP contribution in [0.5, 0.6) is 0 Å². The number of sulfonamides is 1. The van der Waals surface area contributed by atoms with Gasteiger partial charge < -0.3 is 0 Å². The normalized spacial score (nSPS) is 15.0. The highest BCUT2D eigenvalue weighted by atomic mass is 32.2. The quantitative estimate of drug-likeness (QED) is 0.615. The summed E-state index contributed by atoms with van der Waals surface area (Å²) in [4.78, 5) is 17.0. The number of nitrogens with one attached hydrogen (secondary N) is 1. The number of hydrogen-bond donors (Lipinski definition) is 1. The molecule has 1 N–H and O–H groups in total. The number of thiophene rings is 1. The number of carbonyl (C=O) groups excluding carboxylic acids is 1. The van der Waals surface area contributed by atoms with Crippen LogP contribution in [0.15, 0.2) is 46.0 Å². The Morgan fingerprint density at radius 1 is 1.17 bits per heavy atom. The van der Waals surface area contributed by atoms with Crippen LogP contribution in [-0.2, 0) is 29.2 Å². The van der Waals surface area contributed by atoms with E-state index in [9.17, 15) is 26.4 Å². The van der Waals surface area contributed by atoms with Crippen molar-refractivity contribution in [2.75, 3.05) is 11.9 Å². The average Bonchev–Trinajstić information content (AvgIpc) is 3.36. The number of aromatic nitrogens is 1. The molecule has 1 aromatic carbocycles. The number of carbonyl (C=O) groups is 1. The molecule has 0 spiro atoms. The Kier molecular flexibility index (Phi) is 5.43. The zero-order valence-electron chi connectivity index (χ0n) is 15.1. The van der Waals surface area contributed by atoms with Gasteiger partial charge in [0.05, 0.1) is 28.3 Å². The first kappa shape index (κ1) is 21.0. The third kappa shape index (κ3) is 4.13. The molecule has 0 atom stereocenters. The number of rotatable bonds is 4. The topological polar surface area (TPSA) is 79.4 Å². The van der Waals surface area contributed by atoms with Crippen molar-refractivity contribution < 1.29 is 26.4 Å². The van der Waals surface area contributed by atoms with Gasteiger partial charge in [-0.05, 0) is 35.7 Å². The number of thiazole rings is 1. The second-order valence-corrected chi connectivity index (χ2v) is 10.3. The number of amides is 1. The minimum absolute atomic E-state index is 0.0463. The number of anilines is 1. The zero-order chi connectivity index (χ0) is 21.5. The summed E-state index contributed by atoms with van der Waals surface area (Å²) in [5.74, 6) is -0.295. The lowest BCUT2D eigenvalue weighted by Gasteiger charge is -2.25. The van der Waals surface area contributed by atoms with E-state index < -0.39 is 21.8 Å². The van der Waals surface area contributed by atoms with Gasteiger partial charge in [-0.1, -0.05) is 0 Å². The molecule has 1 amide bonds. The summed E-state index contributed by atoms with van der Waals surface area (Å²) in [7, 11) is -3.96. The van der Waals surface area contributed by atoms with Gasteiger partial charge in [-0.25, -0.2) is 13.4 Å². The molecule has 158 valence electrons. The molecule has 30 heavy (non-hydrogen) atoms. The van der Waals surface area contributed by atoms with Crippen molar-refractivity contribution in [1.82, 2.24) is 9.29 Å². The maximum absolute atomic E-state index is 12.9. The molecule has 0 saturated heterocycles. The standard InChI is InChI=1S/C18H14F3N3O3S3/c19-18(20,21)12-1-3-13(4-2-12)30(26,27)24-7-5-14-15(9-24)29-17(22-14)23-16(25)11-6-8-28-10-11/h1-4,6,8,10H,5,7,9H2,(H,22,23,25). The van der Waals surface area contributed by atoms with E-state index in [0.29, 0.717) is 27.7 Å². The van der Waals surface area contributed by atoms with E-state index in [2.05, 4.69) is 10.3 Å². The summed E-state index contributed by atoms with van der Waals surface area (Å²) in [6.07, 6.45) is -4.19. The zero-order valence-corrected chi connectivity index (χ0v) is 17.6. The van der Waals surface area contributed by atoms with E-state index in [1.54, 1.807) is 16.8 Å². The molecule has 3 aromatic rings. The maximum atomic E-state index is 12.9. The highest BCUT2D eigenvalue weighted by Crippen LogP contribution is 2.33. The lowest BCUT2D eigenvalue weighted by molar-refractivity contribution is -0.137. The Labute approximate surface area is 178 Å². The van der Waals surface area contributed by atoms with Crippen LogP contribution in [-0.4, -0.2) is 30.2 Å². The van der Waals surface area contributed by atoms with Crippen LogP contribution in [0.3, 0.4) is 0 Å². The molecule has 1 aliphatic rings. The average molecular weight is 474 g/mol. The van der Waals surface area contributed by atoms with Crippen molar-refractivity contribution in [3.63, 3.8) is 0 Å². The Hall–Kier alpha value is -2.28. The van der Waals surface area contributed by atoms with Gasteiger partial charge in [-0.15, -0.1) is 11.3 Å². The molecule has 0 aliphatic carbocycles. The molecule has 2 aromatic heterocycles. The molecule has 0 unspecified atom stereocenters. The Morgan fingerprint density at radius 3 is 2.53 bits per heavy atom. The van der Waals surface area contributed by atoms with Crippen molar-refractivity contribution in [3.8, 4) is 0 Å². The van der Waals surface area contributed by atoms with E-state index in [4.69, 9.17) is 0 Å². The predicted octanol–water partition coefficient (Wildman–Crippen LogP) is 4.22. The molecule has 6 nitrogen and oxygen atoms in total. The monoisotopic (exact) mass is 473 g/mol. The summed E-state index contributed by atoms with van der Waals surface area (Å²) < 4.78 is 65.1. The van der Waals surface area contributed by atoms with E-state index >= 15 is 0 Å². The van der Waals surface area contributed by atoms with Gasteiger partial charge >= 0.3 is 6.18 Å². The van der Waals surface area contributed by atoms with Crippen LogP contribution >= 0.6 is 22.7 Å². The van der Waals surface area contributed by atoms with E-state index in [0.717, 1.165) is 24.3 Å². The minimum Gasteiger partial charge on any atom is -0.298 e. The Bertz CT molecular complexity index is 1170. The fraction of sp³-hybridized carbons (Fsp3) is 0.222. The molecule has 1 aliphatic heterocycles. The second kappa shape index (κ2) is 7.76. The maximum Gasteiger partial charge on any atom is 0.416 e. The van der Waals surface area contributed by atoms with Crippen LogP contribution in [0.4, 0.5) is 18.3 Å². The summed E-state index contributed by atoms with van der Waals surface area (Å²) in [5, 5.41) is 6.58. The van der Waals surface area contributed by atoms with Crippen LogP contribution < -0.4 is 5.32 Å². The Morgan fingerprint density at radius 2 is 1.90 bits per heavy atom. The first-order chi connectivity index (χ1) is 14.1. The molecule has 3 heterocycles. The molecule has 0 saturated carbocycles. The van der Waals surface area contributed by atoms with Gasteiger partial charge in [0.1, 0.15) is 0 Å². The fourth-order valence-corrected chi connectivity index (χ4v) is 6.10. The molecule has 4 rings (SSSR count). The van der Waals surface area contributed by atoms with E-state index in [1.807, 2.05) is 0 Å². The number of hydrogen-bond acceptors (Lipinski definition) is 6. The molecule has 12 heteroatoms. The number of benzene rings is 1. The molecule has 0 fully saturated rings. The number of halogens is 3. The van der Waals surface area contributed by atoms with E-state index in [-0.39, 0.29) is 23.9 Å². The third-order valence-electron chi connectivity index (χ3n) is 4.52. The molecular weight excluding hydrogens is 459 g/mol. The fourth-order valence-electron chi connectivity index (χ4n) is 2.96. The third-order valence-corrected chi connectivity index (χ3v) is 8.06. The lowest BCUT2D eigenvalue weighted by atomic mass is 10.2. The minimum atomic E-state index is -4.53. The molecule has 0 radical (unpaired) electrons. The summed E-state index contributed by atoms with van der Waals surface area (Å²) in [6.45, 7) is 0.197. The SMILES string of the molecule is O=C(Nc1nc2c(s1)CN(S(=O)(=O)c1ccc(C(F)(F)F)cc1)CC2)c1ccsc1. The molecule has 0 bridgehead atoms. The van der Waals surface area contributed by atoms with Crippen molar-refractivity contribution in [3.05, 3.63) is 62.8 Å². The number of alkyl halides is 3. The van der Waals surface area contributed by atoms with Crippen LogP contribution in [0.2, 0.25) is 0 Å². The smallest absolute Gasteiger partial charge is 0.298 e. The van der Waals surface area contributed by atoms with Gasteiger partial charge in [0.2, 0.25) is 10.0 Å². The first-order valence-electron chi connectivity index (χ1n) is 8.64. The van der Waals surface area contributed by atoms with Crippen LogP contribution in [0.1, 0.15) is 26.5 Å². The van der Waals surface area contributed by atoms with Gasteiger partial charge in [0, 0.05) is 23.2 Å². The Balaban J connectivity index is 1.51.